The smallest absolute Gasteiger partial charge is 0.161 e. The van der Waals surface area contributed by atoms with Gasteiger partial charge in [0, 0.05) is 18.0 Å². The molecule has 0 amide bonds. The molecular weight excluding hydrogens is 219 g/mol. The van der Waals surface area contributed by atoms with Gasteiger partial charge in [0.1, 0.15) is 5.82 Å². The van der Waals surface area contributed by atoms with Crippen LogP contribution in [0.3, 0.4) is 0 Å². The van der Waals surface area contributed by atoms with Crippen LogP contribution in [0.15, 0.2) is 12.1 Å². The van der Waals surface area contributed by atoms with Crippen LogP contribution in [0.1, 0.15) is 18.4 Å². The number of hydrogen-bond donors (Lipinski definition) is 2. The molecule has 3 N–H and O–H groups in total. The first-order valence-electron chi connectivity index (χ1n) is 5.02. The summed E-state index contributed by atoms with van der Waals surface area (Å²) >= 11 is 0. The SMILES string of the molecule is NCC1(c2cc(F)c(F)cc2F)CC(O)C1. The quantitative estimate of drug-likeness (QED) is 0.757. The lowest BCUT2D eigenvalue weighted by atomic mass is 9.62. The summed E-state index contributed by atoms with van der Waals surface area (Å²) in [6, 6.07) is 1.36. The van der Waals surface area contributed by atoms with E-state index in [4.69, 9.17) is 5.73 Å². The summed E-state index contributed by atoms with van der Waals surface area (Å²) < 4.78 is 39.3. The molecule has 1 aromatic rings. The summed E-state index contributed by atoms with van der Waals surface area (Å²) in [6.45, 7) is 0.103. The Bertz CT molecular complexity index is 416. The molecule has 1 aliphatic carbocycles. The lowest BCUT2D eigenvalue weighted by Crippen LogP contribution is -2.50. The number of hydrogen-bond acceptors (Lipinski definition) is 2. The standard InChI is InChI=1S/C11H12F3NO/c12-8-2-10(14)9(13)1-7(8)11(5-15)3-6(16)4-11/h1-2,6,16H,3-5,15H2. The molecule has 88 valence electrons. The Morgan fingerprint density at radius 3 is 2.25 bits per heavy atom. The van der Waals surface area contributed by atoms with Crippen molar-refractivity contribution >= 4 is 0 Å². The second-order valence-electron chi connectivity index (χ2n) is 4.29. The molecule has 1 aliphatic rings. The number of aliphatic hydroxyl groups is 1. The lowest BCUT2D eigenvalue weighted by Gasteiger charge is -2.45. The van der Waals surface area contributed by atoms with Crippen molar-refractivity contribution in [2.24, 2.45) is 5.73 Å². The first-order chi connectivity index (χ1) is 7.48. The highest BCUT2D eigenvalue weighted by molar-refractivity contribution is 5.32. The van der Waals surface area contributed by atoms with Gasteiger partial charge >= 0.3 is 0 Å². The minimum Gasteiger partial charge on any atom is -0.393 e. The Labute approximate surface area is 90.9 Å². The molecule has 0 radical (unpaired) electrons. The van der Waals surface area contributed by atoms with E-state index in [2.05, 4.69) is 0 Å². The molecule has 2 rings (SSSR count). The van der Waals surface area contributed by atoms with E-state index in [-0.39, 0.29) is 24.9 Å². The number of benzene rings is 1. The van der Waals surface area contributed by atoms with E-state index in [1.807, 2.05) is 0 Å². The molecule has 1 saturated carbocycles. The summed E-state index contributed by atoms with van der Waals surface area (Å²) in [5.41, 5.74) is 4.83. The van der Waals surface area contributed by atoms with E-state index in [1.54, 1.807) is 0 Å². The highest BCUT2D eigenvalue weighted by Gasteiger charge is 2.45. The molecule has 0 atom stereocenters. The predicted molar refractivity (Wildman–Crippen MR) is 52.3 cm³/mol. The molecule has 0 heterocycles. The van der Waals surface area contributed by atoms with E-state index in [1.165, 1.54) is 0 Å². The molecule has 0 unspecified atom stereocenters. The molecule has 0 spiro atoms. The van der Waals surface area contributed by atoms with Crippen LogP contribution in [0.5, 0.6) is 0 Å². The zero-order chi connectivity index (χ0) is 11.9. The second kappa shape index (κ2) is 3.75. The molecule has 16 heavy (non-hydrogen) atoms. The summed E-state index contributed by atoms with van der Waals surface area (Å²) in [5, 5.41) is 9.24. The van der Waals surface area contributed by atoms with Gasteiger partial charge in [-0.3, -0.25) is 0 Å². The fourth-order valence-corrected chi connectivity index (χ4v) is 2.27. The van der Waals surface area contributed by atoms with Crippen molar-refractivity contribution in [3.8, 4) is 0 Å². The van der Waals surface area contributed by atoms with Crippen molar-refractivity contribution in [2.75, 3.05) is 6.54 Å². The number of aliphatic hydroxyl groups excluding tert-OH is 1. The van der Waals surface area contributed by atoms with Crippen LogP contribution in [-0.2, 0) is 5.41 Å². The topological polar surface area (TPSA) is 46.2 Å². The van der Waals surface area contributed by atoms with Gasteiger partial charge < -0.3 is 10.8 Å². The van der Waals surface area contributed by atoms with Crippen LogP contribution < -0.4 is 5.73 Å². The minimum atomic E-state index is -1.21. The second-order valence-corrected chi connectivity index (χ2v) is 4.29. The van der Waals surface area contributed by atoms with Gasteiger partial charge in [-0.25, -0.2) is 13.2 Å². The van der Waals surface area contributed by atoms with Crippen molar-refractivity contribution in [2.45, 2.75) is 24.4 Å². The van der Waals surface area contributed by atoms with Crippen LogP contribution >= 0.6 is 0 Å². The van der Waals surface area contributed by atoms with Crippen LogP contribution in [-0.4, -0.2) is 17.8 Å². The maximum atomic E-state index is 13.5. The Balaban J connectivity index is 2.43. The monoisotopic (exact) mass is 231 g/mol. The fraction of sp³-hybridized carbons (Fsp3) is 0.455. The molecule has 1 fully saturated rings. The van der Waals surface area contributed by atoms with Gasteiger partial charge in [-0.15, -0.1) is 0 Å². The van der Waals surface area contributed by atoms with Crippen LogP contribution in [0.25, 0.3) is 0 Å². The van der Waals surface area contributed by atoms with E-state index >= 15 is 0 Å². The third kappa shape index (κ3) is 1.60. The third-order valence-electron chi connectivity index (χ3n) is 3.22. The van der Waals surface area contributed by atoms with Gasteiger partial charge in [-0.1, -0.05) is 0 Å². The maximum Gasteiger partial charge on any atom is 0.161 e. The first-order valence-corrected chi connectivity index (χ1v) is 5.02. The van der Waals surface area contributed by atoms with E-state index in [0.29, 0.717) is 6.07 Å². The first kappa shape index (κ1) is 11.4. The molecular formula is C11H12F3NO. The predicted octanol–water partition coefficient (Wildman–Crippen LogP) is 1.46. The minimum absolute atomic E-state index is 0.0548. The van der Waals surface area contributed by atoms with E-state index in [9.17, 15) is 18.3 Å². The Kier molecular flexibility index (Phi) is 2.67. The number of rotatable bonds is 2. The normalized spacial score (nSPS) is 28.9. The molecule has 2 nitrogen and oxygen atoms in total. The van der Waals surface area contributed by atoms with Gasteiger partial charge in [-0.2, -0.15) is 0 Å². The number of nitrogens with two attached hydrogens (primary N) is 1. The highest BCUT2D eigenvalue weighted by atomic mass is 19.2. The van der Waals surface area contributed by atoms with Gasteiger partial charge in [-0.05, 0) is 24.5 Å². The summed E-state index contributed by atoms with van der Waals surface area (Å²) in [6.07, 6.45) is 0.0211. The van der Waals surface area contributed by atoms with Crippen LogP contribution in [0, 0.1) is 17.5 Å². The average Bonchev–Trinajstić information content (AvgIpc) is 2.19. The molecule has 0 bridgehead atoms. The molecule has 1 aromatic carbocycles. The molecule has 0 saturated heterocycles. The highest BCUT2D eigenvalue weighted by Crippen LogP contribution is 2.44. The maximum absolute atomic E-state index is 13.5. The van der Waals surface area contributed by atoms with Gasteiger partial charge in [0.25, 0.3) is 0 Å². The third-order valence-corrected chi connectivity index (χ3v) is 3.22. The molecule has 0 aliphatic heterocycles. The van der Waals surface area contributed by atoms with Crippen molar-refractivity contribution in [1.82, 2.24) is 0 Å². The zero-order valence-corrected chi connectivity index (χ0v) is 8.51. The van der Waals surface area contributed by atoms with Crippen molar-refractivity contribution < 1.29 is 18.3 Å². The largest absolute Gasteiger partial charge is 0.393 e. The number of halogens is 3. The van der Waals surface area contributed by atoms with Crippen molar-refractivity contribution in [3.63, 3.8) is 0 Å². The van der Waals surface area contributed by atoms with Crippen LogP contribution in [0.4, 0.5) is 13.2 Å². The van der Waals surface area contributed by atoms with Gasteiger partial charge in [0.15, 0.2) is 11.6 Å². The Hall–Kier alpha value is -1.07. The Morgan fingerprint density at radius 1 is 1.19 bits per heavy atom. The lowest BCUT2D eigenvalue weighted by molar-refractivity contribution is 0.0203. The summed E-state index contributed by atoms with van der Waals surface area (Å²) in [4.78, 5) is 0. The summed E-state index contributed by atoms with van der Waals surface area (Å²) in [7, 11) is 0. The van der Waals surface area contributed by atoms with Crippen molar-refractivity contribution in [3.05, 3.63) is 35.1 Å². The zero-order valence-electron chi connectivity index (χ0n) is 8.51. The van der Waals surface area contributed by atoms with E-state index in [0.717, 1.165) is 6.07 Å². The average molecular weight is 231 g/mol. The fourth-order valence-electron chi connectivity index (χ4n) is 2.27. The Morgan fingerprint density at radius 2 is 1.75 bits per heavy atom. The van der Waals surface area contributed by atoms with Gasteiger partial charge in [0.05, 0.1) is 6.10 Å². The van der Waals surface area contributed by atoms with E-state index < -0.39 is 29.0 Å². The van der Waals surface area contributed by atoms with Crippen molar-refractivity contribution in [1.29, 1.82) is 0 Å². The van der Waals surface area contributed by atoms with Gasteiger partial charge in [0.2, 0.25) is 0 Å². The summed E-state index contributed by atoms with van der Waals surface area (Å²) in [5.74, 6) is -3.12. The molecule has 0 aromatic heterocycles. The molecule has 5 heteroatoms. The van der Waals surface area contributed by atoms with Crippen LogP contribution in [0.2, 0.25) is 0 Å².